The molecule has 1 rings (SSSR count). The average molecular weight is 252 g/mol. The zero-order chi connectivity index (χ0) is 13.5. The van der Waals surface area contributed by atoms with Crippen molar-refractivity contribution in [3.63, 3.8) is 0 Å². The zero-order valence-corrected chi connectivity index (χ0v) is 12.5. The quantitative estimate of drug-likeness (QED) is 0.722. The number of likely N-dealkylation sites (N-methyl/N-ethyl adjacent to an activating group) is 1. The highest BCUT2D eigenvalue weighted by Crippen LogP contribution is 2.09. The predicted molar refractivity (Wildman–Crippen MR) is 78.1 cm³/mol. The summed E-state index contributed by atoms with van der Waals surface area (Å²) in [5.41, 5.74) is 1.08. The molecule has 0 aromatic carbocycles. The lowest BCUT2D eigenvalue weighted by Gasteiger charge is -2.21. The first-order chi connectivity index (χ1) is 8.54. The van der Waals surface area contributed by atoms with Gasteiger partial charge in [0.15, 0.2) is 0 Å². The molecule has 1 aromatic heterocycles. The van der Waals surface area contributed by atoms with Gasteiger partial charge in [0, 0.05) is 31.9 Å². The smallest absolute Gasteiger partial charge is 0.203 e. The Bertz CT molecular complexity index is 344. The maximum Gasteiger partial charge on any atom is 0.203 e. The molecule has 0 spiro atoms. The first kappa shape index (κ1) is 15.0. The molecule has 0 saturated heterocycles. The zero-order valence-electron chi connectivity index (χ0n) is 12.5. The van der Waals surface area contributed by atoms with Crippen LogP contribution in [0.2, 0.25) is 0 Å². The van der Waals surface area contributed by atoms with Crippen LogP contribution in [0, 0.1) is 6.92 Å². The molecular weight excluding hydrogens is 224 g/mol. The molecule has 0 aliphatic heterocycles. The van der Waals surface area contributed by atoms with E-state index in [1.165, 1.54) is 12.8 Å². The largest absolute Gasteiger partial charge is 0.356 e. The fourth-order valence-electron chi connectivity index (χ4n) is 1.76. The van der Waals surface area contributed by atoms with Crippen molar-refractivity contribution in [2.45, 2.75) is 53.1 Å². The summed E-state index contributed by atoms with van der Waals surface area (Å²) in [6.07, 6.45) is 4.53. The Labute approximate surface area is 111 Å². The van der Waals surface area contributed by atoms with Gasteiger partial charge in [0.25, 0.3) is 0 Å². The molecule has 104 valence electrons. The topological polar surface area (TPSA) is 33.1 Å². The molecule has 0 aliphatic rings. The second kappa shape index (κ2) is 7.41. The number of nitrogens with one attached hydrogen (secondary N) is 1. The number of unbranched alkanes of at least 4 members (excludes halogenated alkanes) is 1. The van der Waals surface area contributed by atoms with Gasteiger partial charge in [0.1, 0.15) is 0 Å². The highest BCUT2D eigenvalue weighted by atomic mass is 15.2. The summed E-state index contributed by atoms with van der Waals surface area (Å²) in [5, 5.41) is 3.42. The van der Waals surface area contributed by atoms with Crippen LogP contribution in [0.5, 0.6) is 0 Å². The minimum atomic E-state index is 0.589. The van der Waals surface area contributed by atoms with E-state index in [2.05, 4.69) is 53.8 Å². The molecule has 0 bridgehead atoms. The number of aryl methyl sites for hydroxylation is 1. The lowest BCUT2D eigenvalue weighted by Crippen LogP contribution is -2.29. The molecular formula is C14H28N4. The first-order valence-corrected chi connectivity index (χ1v) is 7.02. The number of anilines is 1. The van der Waals surface area contributed by atoms with Gasteiger partial charge in [-0.25, -0.2) is 4.98 Å². The Balaban J connectivity index is 2.53. The first-order valence-electron chi connectivity index (χ1n) is 7.02. The molecule has 0 fully saturated rings. The highest BCUT2D eigenvalue weighted by Gasteiger charge is 2.07. The van der Waals surface area contributed by atoms with E-state index in [0.29, 0.717) is 6.04 Å². The van der Waals surface area contributed by atoms with E-state index in [1.807, 2.05) is 6.92 Å². The molecule has 0 unspecified atom stereocenters. The van der Waals surface area contributed by atoms with Crippen LogP contribution in [-0.4, -0.2) is 40.6 Å². The molecule has 0 aliphatic carbocycles. The summed E-state index contributed by atoms with van der Waals surface area (Å²) in [5.74, 6) is 1.01. The lowest BCUT2D eigenvalue weighted by molar-refractivity contribution is 0.263. The van der Waals surface area contributed by atoms with Gasteiger partial charge in [0.2, 0.25) is 5.95 Å². The van der Waals surface area contributed by atoms with Crippen LogP contribution in [0.1, 0.15) is 39.3 Å². The summed E-state index contributed by atoms with van der Waals surface area (Å²) in [7, 11) is 2.17. The molecule has 1 heterocycles. The van der Waals surface area contributed by atoms with Crippen molar-refractivity contribution in [2.75, 3.05) is 25.5 Å². The number of rotatable bonds is 8. The van der Waals surface area contributed by atoms with E-state index < -0.39 is 0 Å². The summed E-state index contributed by atoms with van der Waals surface area (Å²) in [6.45, 7) is 11.7. The van der Waals surface area contributed by atoms with Crippen molar-refractivity contribution < 1.29 is 0 Å². The minimum Gasteiger partial charge on any atom is -0.356 e. The van der Waals surface area contributed by atoms with Gasteiger partial charge in [-0.3, -0.25) is 0 Å². The van der Waals surface area contributed by atoms with Crippen molar-refractivity contribution in [1.82, 2.24) is 14.5 Å². The molecule has 1 aromatic rings. The number of hydrogen-bond donors (Lipinski definition) is 1. The second-order valence-corrected chi connectivity index (χ2v) is 5.25. The fraction of sp³-hybridized carbons (Fsp3) is 0.786. The second-order valence-electron chi connectivity index (χ2n) is 5.25. The third kappa shape index (κ3) is 4.69. The van der Waals surface area contributed by atoms with Gasteiger partial charge >= 0.3 is 0 Å². The van der Waals surface area contributed by atoms with Crippen LogP contribution in [0.4, 0.5) is 5.95 Å². The molecule has 4 nitrogen and oxygen atoms in total. The van der Waals surface area contributed by atoms with E-state index in [4.69, 9.17) is 0 Å². The Morgan fingerprint density at radius 1 is 1.44 bits per heavy atom. The van der Waals surface area contributed by atoms with Gasteiger partial charge in [0.05, 0.1) is 5.69 Å². The number of aromatic nitrogens is 2. The lowest BCUT2D eigenvalue weighted by atomic mass is 10.3. The Morgan fingerprint density at radius 2 is 2.17 bits per heavy atom. The number of imidazole rings is 1. The van der Waals surface area contributed by atoms with Crippen molar-refractivity contribution >= 4 is 5.95 Å². The standard InChI is InChI=1S/C14H28N4/c1-6-7-8-15-14-16-13(4)11-18(14)10-9-17(5)12(2)3/h11-12H,6-10H2,1-5H3,(H,15,16). The van der Waals surface area contributed by atoms with Crippen LogP contribution in [0.15, 0.2) is 6.20 Å². The number of hydrogen-bond acceptors (Lipinski definition) is 3. The normalized spacial score (nSPS) is 11.5. The number of nitrogens with zero attached hydrogens (tertiary/aromatic N) is 3. The van der Waals surface area contributed by atoms with Gasteiger partial charge in [-0.15, -0.1) is 0 Å². The van der Waals surface area contributed by atoms with Crippen LogP contribution in [0.25, 0.3) is 0 Å². The highest BCUT2D eigenvalue weighted by molar-refractivity contribution is 5.28. The van der Waals surface area contributed by atoms with Gasteiger partial charge in [-0.05, 0) is 34.2 Å². The van der Waals surface area contributed by atoms with E-state index in [-0.39, 0.29) is 0 Å². The SMILES string of the molecule is CCCCNc1nc(C)cn1CCN(C)C(C)C. The van der Waals surface area contributed by atoms with Crippen LogP contribution < -0.4 is 5.32 Å². The Kier molecular flexibility index (Phi) is 6.19. The molecule has 0 atom stereocenters. The Morgan fingerprint density at radius 3 is 2.78 bits per heavy atom. The van der Waals surface area contributed by atoms with Crippen molar-refractivity contribution in [1.29, 1.82) is 0 Å². The summed E-state index contributed by atoms with van der Waals surface area (Å²) >= 11 is 0. The summed E-state index contributed by atoms with van der Waals surface area (Å²) < 4.78 is 2.23. The molecule has 1 N–H and O–H groups in total. The summed E-state index contributed by atoms with van der Waals surface area (Å²) in [6, 6.07) is 0.589. The van der Waals surface area contributed by atoms with Gasteiger partial charge in [-0.1, -0.05) is 13.3 Å². The van der Waals surface area contributed by atoms with E-state index in [9.17, 15) is 0 Å². The van der Waals surface area contributed by atoms with Crippen LogP contribution in [-0.2, 0) is 6.54 Å². The monoisotopic (exact) mass is 252 g/mol. The third-order valence-electron chi connectivity index (χ3n) is 3.29. The molecule has 0 saturated carbocycles. The fourth-order valence-corrected chi connectivity index (χ4v) is 1.76. The molecule has 0 amide bonds. The third-order valence-corrected chi connectivity index (χ3v) is 3.29. The van der Waals surface area contributed by atoms with Gasteiger partial charge in [-0.2, -0.15) is 0 Å². The van der Waals surface area contributed by atoms with Crippen LogP contribution in [0.3, 0.4) is 0 Å². The molecule has 4 heteroatoms. The average Bonchev–Trinajstić information content (AvgIpc) is 2.67. The maximum absolute atomic E-state index is 4.54. The van der Waals surface area contributed by atoms with Crippen molar-refractivity contribution in [3.8, 4) is 0 Å². The van der Waals surface area contributed by atoms with E-state index >= 15 is 0 Å². The van der Waals surface area contributed by atoms with Crippen LogP contribution >= 0.6 is 0 Å². The van der Waals surface area contributed by atoms with Crippen molar-refractivity contribution in [2.24, 2.45) is 0 Å². The van der Waals surface area contributed by atoms with E-state index in [0.717, 1.165) is 31.3 Å². The van der Waals surface area contributed by atoms with Gasteiger partial charge < -0.3 is 14.8 Å². The summed E-state index contributed by atoms with van der Waals surface area (Å²) in [4.78, 5) is 6.89. The molecule has 0 radical (unpaired) electrons. The minimum absolute atomic E-state index is 0.589. The molecule has 18 heavy (non-hydrogen) atoms. The maximum atomic E-state index is 4.54. The van der Waals surface area contributed by atoms with E-state index in [1.54, 1.807) is 0 Å². The predicted octanol–water partition coefficient (Wildman–Crippen LogP) is 2.74. The van der Waals surface area contributed by atoms with Crippen molar-refractivity contribution in [3.05, 3.63) is 11.9 Å². The Hall–Kier alpha value is -1.03.